The van der Waals surface area contributed by atoms with Crippen LogP contribution in [0.15, 0.2) is 5.38 Å². The van der Waals surface area contributed by atoms with Gasteiger partial charge in [0, 0.05) is 18.5 Å². The van der Waals surface area contributed by atoms with Crippen LogP contribution < -0.4 is 5.32 Å². The zero-order chi connectivity index (χ0) is 12.5. The lowest BCUT2D eigenvalue weighted by Crippen LogP contribution is -2.33. The molecule has 0 bridgehead atoms. The molecule has 96 valence electrons. The van der Waals surface area contributed by atoms with Gasteiger partial charge < -0.3 is 10.1 Å². The minimum Gasteiger partial charge on any atom is -0.368 e. The van der Waals surface area contributed by atoms with E-state index in [0.29, 0.717) is 0 Å². The smallest absolute Gasteiger partial charge is 0.124 e. The molecule has 1 fully saturated rings. The third kappa shape index (κ3) is 2.33. The molecule has 0 aliphatic carbocycles. The third-order valence-corrected chi connectivity index (χ3v) is 4.89. The van der Waals surface area contributed by atoms with E-state index in [1.54, 1.807) is 22.7 Å². The molecule has 0 amide bonds. The number of hydrogen-bond donors (Lipinski definition) is 1. The second kappa shape index (κ2) is 5.05. The van der Waals surface area contributed by atoms with Crippen molar-refractivity contribution in [3.05, 3.63) is 21.1 Å². The van der Waals surface area contributed by atoms with Crippen molar-refractivity contribution in [2.75, 3.05) is 19.7 Å². The number of nitrogens with zero attached hydrogens (tertiary/aromatic N) is 2. The number of aryl methyl sites for hydroxylation is 2. The lowest BCUT2D eigenvalue weighted by atomic mass is 10.3. The van der Waals surface area contributed by atoms with E-state index in [9.17, 15) is 0 Å². The highest BCUT2D eigenvalue weighted by molar-refractivity contribution is 7.16. The molecule has 18 heavy (non-hydrogen) atoms. The molecule has 4 nitrogen and oxygen atoms in total. The third-order valence-electron chi connectivity index (χ3n) is 2.86. The maximum atomic E-state index is 5.72. The molecule has 0 aromatic carbocycles. The van der Waals surface area contributed by atoms with Gasteiger partial charge in [-0.1, -0.05) is 0 Å². The Morgan fingerprint density at radius 3 is 2.94 bits per heavy atom. The number of thiazole rings is 2. The number of morpholine rings is 1. The van der Waals surface area contributed by atoms with Crippen molar-refractivity contribution in [2.24, 2.45) is 0 Å². The molecule has 1 unspecified atom stereocenters. The van der Waals surface area contributed by atoms with Gasteiger partial charge in [0.25, 0.3) is 0 Å². The number of rotatable bonds is 2. The second-order valence-corrected chi connectivity index (χ2v) is 6.37. The first kappa shape index (κ1) is 12.2. The van der Waals surface area contributed by atoms with Gasteiger partial charge >= 0.3 is 0 Å². The summed E-state index contributed by atoms with van der Waals surface area (Å²) in [5, 5.41) is 7.58. The number of hydrogen-bond acceptors (Lipinski definition) is 6. The highest BCUT2D eigenvalue weighted by Gasteiger charge is 2.20. The molecule has 2 aromatic heterocycles. The Kier molecular flexibility index (Phi) is 3.43. The van der Waals surface area contributed by atoms with Crippen molar-refractivity contribution in [3.8, 4) is 10.6 Å². The fraction of sp³-hybridized carbons (Fsp3) is 0.500. The molecule has 0 radical (unpaired) electrons. The molecule has 3 heterocycles. The van der Waals surface area contributed by atoms with Crippen LogP contribution in [0, 0.1) is 13.8 Å². The van der Waals surface area contributed by atoms with E-state index in [-0.39, 0.29) is 6.10 Å². The maximum Gasteiger partial charge on any atom is 0.124 e. The Morgan fingerprint density at radius 2 is 2.28 bits per heavy atom. The molecule has 1 aliphatic rings. The predicted octanol–water partition coefficient (Wildman–Crippen LogP) is 2.54. The summed E-state index contributed by atoms with van der Waals surface area (Å²) in [4.78, 5) is 10.3. The van der Waals surface area contributed by atoms with Gasteiger partial charge in [0.1, 0.15) is 11.1 Å². The van der Waals surface area contributed by atoms with Gasteiger partial charge in [0.15, 0.2) is 0 Å². The summed E-state index contributed by atoms with van der Waals surface area (Å²) in [6.45, 7) is 6.62. The Labute approximate surface area is 114 Å². The lowest BCUT2D eigenvalue weighted by molar-refractivity contribution is 0.0276. The summed E-state index contributed by atoms with van der Waals surface area (Å²) >= 11 is 3.38. The first-order valence-corrected chi connectivity index (χ1v) is 7.66. The molecule has 6 heteroatoms. The van der Waals surface area contributed by atoms with Crippen LogP contribution in [-0.2, 0) is 4.74 Å². The van der Waals surface area contributed by atoms with E-state index >= 15 is 0 Å². The Bertz CT molecular complexity index is 543. The second-order valence-electron chi connectivity index (χ2n) is 4.28. The standard InChI is InChI=1S/C12H15N3OS2/c1-7-11(18-8(2)14-7)9-6-17-12(15-9)10-5-13-3-4-16-10/h6,10,13H,3-5H2,1-2H3. The monoisotopic (exact) mass is 281 g/mol. The molecule has 1 aliphatic heterocycles. The molecule has 2 aromatic rings. The summed E-state index contributed by atoms with van der Waals surface area (Å²) in [5.41, 5.74) is 2.10. The average molecular weight is 281 g/mol. The van der Waals surface area contributed by atoms with Gasteiger partial charge in [-0.15, -0.1) is 22.7 Å². The molecule has 1 saturated heterocycles. The fourth-order valence-electron chi connectivity index (χ4n) is 2.03. The van der Waals surface area contributed by atoms with Crippen molar-refractivity contribution >= 4 is 22.7 Å². The minimum absolute atomic E-state index is 0.104. The zero-order valence-electron chi connectivity index (χ0n) is 10.4. The lowest BCUT2D eigenvalue weighted by Gasteiger charge is -2.21. The van der Waals surface area contributed by atoms with Gasteiger partial charge in [0.2, 0.25) is 0 Å². The molecule has 1 N–H and O–H groups in total. The Hall–Kier alpha value is -0.820. The predicted molar refractivity (Wildman–Crippen MR) is 74.3 cm³/mol. The van der Waals surface area contributed by atoms with Crippen LogP contribution in [0.25, 0.3) is 10.6 Å². The fourth-order valence-corrected chi connectivity index (χ4v) is 3.84. The van der Waals surface area contributed by atoms with Gasteiger partial charge in [-0.3, -0.25) is 0 Å². The Balaban J connectivity index is 1.86. The van der Waals surface area contributed by atoms with Crippen LogP contribution in [0.3, 0.4) is 0 Å². The summed E-state index contributed by atoms with van der Waals surface area (Å²) in [7, 11) is 0. The van der Waals surface area contributed by atoms with Crippen LogP contribution >= 0.6 is 22.7 Å². The van der Waals surface area contributed by atoms with Crippen LogP contribution in [0.4, 0.5) is 0 Å². The molecule has 0 spiro atoms. The highest BCUT2D eigenvalue weighted by Crippen LogP contribution is 2.32. The van der Waals surface area contributed by atoms with Crippen LogP contribution in [0.5, 0.6) is 0 Å². The first-order chi connectivity index (χ1) is 8.74. The van der Waals surface area contributed by atoms with Crippen LogP contribution in [-0.4, -0.2) is 29.7 Å². The van der Waals surface area contributed by atoms with Crippen molar-refractivity contribution in [1.82, 2.24) is 15.3 Å². The Morgan fingerprint density at radius 1 is 1.39 bits per heavy atom. The topological polar surface area (TPSA) is 47.0 Å². The number of ether oxygens (including phenoxy) is 1. The van der Waals surface area contributed by atoms with Crippen molar-refractivity contribution in [2.45, 2.75) is 20.0 Å². The summed E-state index contributed by atoms with van der Waals surface area (Å²) in [5.74, 6) is 0. The normalized spacial score (nSPS) is 20.2. The van der Waals surface area contributed by atoms with Crippen LogP contribution in [0.1, 0.15) is 21.8 Å². The molecule has 1 atom stereocenters. The first-order valence-electron chi connectivity index (χ1n) is 5.96. The van der Waals surface area contributed by atoms with Crippen molar-refractivity contribution in [3.63, 3.8) is 0 Å². The average Bonchev–Trinajstić information content (AvgIpc) is 2.97. The van der Waals surface area contributed by atoms with Crippen molar-refractivity contribution < 1.29 is 4.74 Å². The number of nitrogens with one attached hydrogen (secondary N) is 1. The maximum absolute atomic E-state index is 5.72. The largest absolute Gasteiger partial charge is 0.368 e. The van der Waals surface area contributed by atoms with E-state index in [0.717, 1.165) is 41.1 Å². The van der Waals surface area contributed by atoms with Gasteiger partial charge in [-0.25, -0.2) is 9.97 Å². The molecular weight excluding hydrogens is 266 g/mol. The zero-order valence-corrected chi connectivity index (χ0v) is 12.0. The molecular formula is C12H15N3OS2. The van der Waals surface area contributed by atoms with Gasteiger partial charge in [-0.2, -0.15) is 0 Å². The number of aromatic nitrogens is 2. The summed E-state index contributed by atoms with van der Waals surface area (Å²) in [6.07, 6.45) is 0.104. The van der Waals surface area contributed by atoms with E-state index in [2.05, 4.69) is 15.7 Å². The SMILES string of the molecule is Cc1nc(C)c(-c2csc(C3CNCCO3)n2)s1. The quantitative estimate of drug-likeness (QED) is 0.919. The van der Waals surface area contributed by atoms with Crippen LogP contribution in [0.2, 0.25) is 0 Å². The van der Waals surface area contributed by atoms with Gasteiger partial charge in [-0.05, 0) is 13.8 Å². The summed E-state index contributed by atoms with van der Waals surface area (Å²) < 4.78 is 5.72. The molecule has 3 rings (SSSR count). The van der Waals surface area contributed by atoms with E-state index in [1.165, 1.54) is 4.88 Å². The molecule has 0 saturated carbocycles. The van der Waals surface area contributed by atoms with E-state index in [4.69, 9.17) is 9.72 Å². The van der Waals surface area contributed by atoms with Gasteiger partial charge in [0.05, 0.1) is 27.9 Å². The summed E-state index contributed by atoms with van der Waals surface area (Å²) in [6, 6.07) is 0. The van der Waals surface area contributed by atoms with E-state index in [1.807, 2.05) is 13.8 Å². The minimum atomic E-state index is 0.104. The van der Waals surface area contributed by atoms with Crippen molar-refractivity contribution in [1.29, 1.82) is 0 Å². The van der Waals surface area contributed by atoms with E-state index < -0.39 is 0 Å². The highest BCUT2D eigenvalue weighted by atomic mass is 32.1.